The Morgan fingerprint density at radius 3 is 2.63 bits per heavy atom. The van der Waals surface area contributed by atoms with Crippen molar-refractivity contribution in [2.24, 2.45) is 10.9 Å². The molecule has 19 heavy (non-hydrogen) atoms. The fraction of sp³-hybridized carbons (Fsp3) is 0.444. The molecule has 0 spiro atoms. The van der Waals surface area contributed by atoms with Crippen LogP contribution < -0.4 is 5.73 Å². The second-order valence-corrected chi connectivity index (χ2v) is 7.72. The van der Waals surface area contributed by atoms with Gasteiger partial charge in [0, 0.05) is 19.5 Å². The predicted octanol–water partition coefficient (Wildman–Crippen LogP) is 2.20. The lowest BCUT2D eigenvalue weighted by Gasteiger charge is -2.19. The van der Waals surface area contributed by atoms with E-state index in [1.165, 1.54) is 10.4 Å². The molecule has 0 atom stereocenters. The summed E-state index contributed by atoms with van der Waals surface area (Å²) in [6, 6.07) is 1.32. The van der Waals surface area contributed by atoms with Gasteiger partial charge in [0.15, 0.2) is 0 Å². The quantitative estimate of drug-likeness (QED) is 0.357. The normalized spacial score (nSPS) is 13.2. The summed E-state index contributed by atoms with van der Waals surface area (Å²) in [4.78, 5) is -0.0227. The zero-order chi connectivity index (χ0) is 14.6. The van der Waals surface area contributed by atoms with Crippen molar-refractivity contribution >= 4 is 50.4 Å². The summed E-state index contributed by atoms with van der Waals surface area (Å²) in [6.07, 6.45) is 0.124. The van der Waals surface area contributed by atoms with E-state index in [1.807, 2.05) is 0 Å². The number of nitrogens with zero attached hydrogens (tertiary/aromatic N) is 2. The Kier molecular flexibility index (Phi) is 5.87. The number of hydrogen-bond acceptors (Lipinski definition) is 5. The fourth-order valence-corrected chi connectivity index (χ4v) is 4.94. The van der Waals surface area contributed by atoms with Crippen molar-refractivity contribution in [1.29, 1.82) is 0 Å². The molecule has 0 unspecified atom stereocenters. The minimum atomic E-state index is -3.73. The van der Waals surface area contributed by atoms with E-state index in [4.69, 9.17) is 34.1 Å². The number of rotatable bonds is 6. The minimum Gasteiger partial charge on any atom is -0.409 e. The lowest BCUT2D eigenvalue weighted by atomic mass is 10.4. The number of halogens is 2. The first kappa shape index (κ1) is 16.5. The van der Waals surface area contributed by atoms with Gasteiger partial charge in [0.25, 0.3) is 0 Å². The van der Waals surface area contributed by atoms with Crippen molar-refractivity contribution in [3.05, 3.63) is 14.7 Å². The molecule has 0 aromatic carbocycles. The summed E-state index contributed by atoms with van der Waals surface area (Å²) >= 11 is 12.6. The first-order chi connectivity index (χ1) is 8.82. The van der Waals surface area contributed by atoms with Gasteiger partial charge in [-0.3, -0.25) is 0 Å². The summed E-state index contributed by atoms with van der Waals surface area (Å²) in [7, 11) is -3.73. The van der Waals surface area contributed by atoms with Crippen LogP contribution >= 0.6 is 34.5 Å². The Labute approximate surface area is 125 Å². The van der Waals surface area contributed by atoms with Crippen LogP contribution in [0.15, 0.2) is 16.1 Å². The molecule has 3 N–H and O–H groups in total. The van der Waals surface area contributed by atoms with Gasteiger partial charge in [-0.2, -0.15) is 4.31 Å². The van der Waals surface area contributed by atoms with E-state index < -0.39 is 10.0 Å². The maximum Gasteiger partial charge on any atom is 0.245 e. The average Bonchev–Trinajstić information content (AvgIpc) is 2.69. The molecule has 0 radical (unpaired) electrons. The van der Waals surface area contributed by atoms with Gasteiger partial charge in [0.1, 0.15) is 15.1 Å². The van der Waals surface area contributed by atoms with Crippen molar-refractivity contribution in [2.75, 3.05) is 13.1 Å². The molecule has 1 aromatic rings. The van der Waals surface area contributed by atoms with Crippen LogP contribution in [0, 0.1) is 0 Å². The average molecular weight is 346 g/mol. The van der Waals surface area contributed by atoms with Crippen LogP contribution in [0.5, 0.6) is 0 Å². The third-order valence-corrected chi connectivity index (χ3v) is 6.07. The summed E-state index contributed by atoms with van der Waals surface area (Å²) in [6.45, 7) is 2.02. The Hall–Kier alpha value is -0.540. The van der Waals surface area contributed by atoms with Crippen molar-refractivity contribution in [2.45, 2.75) is 18.2 Å². The highest BCUT2D eigenvalue weighted by Gasteiger charge is 2.27. The number of thiophene rings is 1. The van der Waals surface area contributed by atoms with Crippen molar-refractivity contribution < 1.29 is 13.6 Å². The van der Waals surface area contributed by atoms with E-state index in [0.29, 0.717) is 4.34 Å². The molecule has 0 saturated carbocycles. The van der Waals surface area contributed by atoms with Gasteiger partial charge >= 0.3 is 0 Å². The third-order valence-electron chi connectivity index (χ3n) is 2.34. The van der Waals surface area contributed by atoms with E-state index in [-0.39, 0.29) is 34.6 Å². The van der Waals surface area contributed by atoms with Crippen LogP contribution in [0.1, 0.15) is 13.3 Å². The molecular formula is C9H13Cl2N3O3S2. The zero-order valence-electron chi connectivity index (χ0n) is 10.0. The molecule has 0 fully saturated rings. The SMILES string of the molecule is CCN(CC/C(N)=N/O)S(=O)(=O)c1cc(Cl)sc1Cl. The van der Waals surface area contributed by atoms with Gasteiger partial charge < -0.3 is 10.9 Å². The lowest BCUT2D eigenvalue weighted by Crippen LogP contribution is -2.33. The largest absolute Gasteiger partial charge is 0.409 e. The zero-order valence-corrected chi connectivity index (χ0v) is 13.2. The highest BCUT2D eigenvalue weighted by molar-refractivity contribution is 7.89. The number of nitrogens with two attached hydrogens (primary N) is 1. The highest BCUT2D eigenvalue weighted by Crippen LogP contribution is 2.35. The molecule has 1 heterocycles. The van der Waals surface area contributed by atoms with Crippen molar-refractivity contribution in [3.63, 3.8) is 0 Å². The van der Waals surface area contributed by atoms with Gasteiger partial charge in [0.05, 0.1) is 4.34 Å². The van der Waals surface area contributed by atoms with Gasteiger partial charge in [0.2, 0.25) is 10.0 Å². The van der Waals surface area contributed by atoms with Crippen LogP contribution in [0.4, 0.5) is 0 Å². The van der Waals surface area contributed by atoms with Crippen LogP contribution in [-0.2, 0) is 10.0 Å². The smallest absolute Gasteiger partial charge is 0.245 e. The van der Waals surface area contributed by atoms with Gasteiger partial charge in [-0.1, -0.05) is 35.3 Å². The number of hydrogen-bond donors (Lipinski definition) is 2. The van der Waals surface area contributed by atoms with E-state index in [0.717, 1.165) is 11.3 Å². The Morgan fingerprint density at radius 2 is 2.21 bits per heavy atom. The third kappa shape index (κ3) is 3.96. The van der Waals surface area contributed by atoms with Crippen LogP contribution in [0.25, 0.3) is 0 Å². The maximum atomic E-state index is 12.3. The van der Waals surface area contributed by atoms with Gasteiger partial charge in [-0.25, -0.2) is 8.42 Å². The Balaban J connectivity index is 2.99. The summed E-state index contributed by atoms with van der Waals surface area (Å²) in [5.41, 5.74) is 5.33. The maximum absolute atomic E-state index is 12.3. The monoisotopic (exact) mass is 345 g/mol. The second-order valence-electron chi connectivity index (χ2n) is 3.53. The molecule has 1 aromatic heterocycles. The van der Waals surface area contributed by atoms with E-state index in [1.54, 1.807) is 6.92 Å². The molecule has 6 nitrogen and oxygen atoms in total. The molecule has 1 rings (SSSR count). The Bertz CT molecular complexity index is 571. The topological polar surface area (TPSA) is 96.0 Å². The summed E-state index contributed by atoms with van der Waals surface area (Å²) in [5.74, 6) is -0.0388. The summed E-state index contributed by atoms with van der Waals surface area (Å²) < 4.78 is 26.3. The highest BCUT2D eigenvalue weighted by atomic mass is 35.5. The first-order valence-electron chi connectivity index (χ1n) is 5.24. The molecule has 0 amide bonds. The van der Waals surface area contributed by atoms with Crippen LogP contribution in [-0.4, -0.2) is 36.9 Å². The van der Waals surface area contributed by atoms with E-state index in [9.17, 15) is 8.42 Å². The standard InChI is InChI=1S/C9H13Cl2N3O3S2/c1-2-14(4-3-8(12)13-15)19(16,17)6-5-7(10)18-9(6)11/h5,15H,2-4H2,1H3,(H2,12,13). The van der Waals surface area contributed by atoms with E-state index in [2.05, 4.69) is 5.16 Å². The molecule has 0 aliphatic heterocycles. The fourth-order valence-electron chi connectivity index (χ4n) is 1.38. The Morgan fingerprint density at radius 1 is 1.58 bits per heavy atom. The first-order valence-corrected chi connectivity index (χ1v) is 8.25. The molecule has 108 valence electrons. The van der Waals surface area contributed by atoms with Crippen molar-refractivity contribution in [1.82, 2.24) is 4.31 Å². The molecule has 0 aliphatic rings. The van der Waals surface area contributed by atoms with Crippen molar-refractivity contribution in [3.8, 4) is 0 Å². The van der Waals surface area contributed by atoms with Crippen LogP contribution in [0.2, 0.25) is 8.67 Å². The van der Waals surface area contributed by atoms with E-state index >= 15 is 0 Å². The minimum absolute atomic E-state index is 0.0227. The lowest BCUT2D eigenvalue weighted by molar-refractivity contribution is 0.315. The number of oxime groups is 1. The van der Waals surface area contributed by atoms with Gasteiger partial charge in [-0.05, 0) is 6.07 Å². The molecule has 0 bridgehead atoms. The predicted molar refractivity (Wildman–Crippen MR) is 76.8 cm³/mol. The van der Waals surface area contributed by atoms with Gasteiger partial charge in [-0.15, -0.1) is 11.3 Å². The molecule has 10 heteroatoms. The second kappa shape index (κ2) is 6.76. The molecule has 0 saturated heterocycles. The number of sulfonamides is 1. The van der Waals surface area contributed by atoms with Crippen LogP contribution in [0.3, 0.4) is 0 Å². The number of amidine groups is 1. The molecular weight excluding hydrogens is 333 g/mol. The molecule has 0 aliphatic carbocycles. The summed E-state index contributed by atoms with van der Waals surface area (Å²) in [5, 5.41) is 11.2.